The first-order valence-corrected chi connectivity index (χ1v) is 5.12. The zero-order valence-corrected chi connectivity index (χ0v) is 8.66. The lowest BCUT2D eigenvalue weighted by molar-refractivity contribution is -0.00748. The molecule has 1 aliphatic rings. The third kappa shape index (κ3) is 3.01. The van der Waals surface area contributed by atoms with Crippen LogP contribution in [-0.2, 0) is 4.74 Å². The maximum atomic E-state index is 11.5. The quantitative estimate of drug-likeness (QED) is 0.641. The molecule has 5 nitrogen and oxygen atoms in total. The predicted octanol–water partition coefficient (Wildman–Crippen LogP) is -0.372. The van der Waals surface area contributed by atoms with E-state index < -0.39 is 0 Å². The molecular formula is C8H15ClN2O3. The van der Waals surface area contributed by atoms with E-state index in [1.165, 1.54) is 0 Å². The third-order valence-electron chi connectivity index (χ3n) is 2.07. The minimum Gasteiger partial charge on any atom is -0.394 e. The fourth-order valence-corrected chi connectivity index (χ4v) is 1.42. The minimum atomic E-state index is -0.237. The number of carbonyl (C=O) groups is 1. The molecule has 6 heteroatoms. The highest BCUT2D eigenvalue weighted by molar-refractivity contribution is 6.18. The van der Waals surface area contributed by atoms with Gasteiger partial charge in [-0.25, -0.2) is 4.79 Å². The average molecular weight is 223 g/mol. The Kier molecular flexibility index (Phi) is 5.00. The molecule has 0 aromatic heterocycles. The number of hydrogen-bond acceptors (Lipinski definition) is 3. The number of nitrogens with zero attached hydrogens (tertiary/aromatic N) is 1. The summed E-state index contributed by atoms with van der Waals surface area (Å²) >= 11 is 5.45. The minimum absolute atomic E-state index is 0.0751. The van der Waals surface area contributed by atoms with Gasteiger partial charge < -0.3 is 20.1 Å². The number of urea groups is 1. The Balaban J connectivity index is 2.41. The van der Waals surface area contributed by atoms with Gasteiger partial charge in [0.05, 0.1) is 25.9 Å². The van der Waals surface area contributed by atoms with E-state index >= 15 is 0 Å². The van der Waals surface area contributed by atoms with Gasteiger partial charge in [0, 0.05) is 19.0 Å². The first kappa shape index (κ1) is 11.6. The molecule has 1 atom stereocenters. The number of amides is 2. The zero-order valence-electron chi connectivity index (χ0n) is 7.91. The molecule has 0 radical (unpaired) electrons. The first-order valence-electron chi connectivity index (χ1n) is 4.58. The van der Waals surface area contributed by atoms with Crippen LogP contribution in [0.3, 0.4) is 0 Å². The summed E-state index contributed by atoms with van der Waals surface area (Å²) in [6, 6.07) is -0.424. The molecule has 1 unspecified atom stereocenters. The molecule has 1 saturated heterocycles. The van der Waals surface area contributed by atoms with Gasteiger partial charge in [-0.2, -0.15) is 0 Å². The van der Waals surface area contributed by atoms with E-state index in [1.54, 1.807) is 4.90 Å². The Hall–Kier alpha value is -0.520. The number of rotatable bonds is 3. The van der Waals surface area contributed by atoms with E-state index in [4.69, 9.17) is 21.4 Å². The topological polar surface area (TPSA) is 61.8 Å². The largest absolute Gasteiger partial charge is 0.394 e. The molecule has 0 aromatic rings. The Morgan fingerprint density at radius 2 is 2.50 bits per heavy atom. The summed E-state index contributed by atoms with van der Waals surface area (Å²) in [6.07, 6.45) is 0. The van der Waals surface area contributed by atoms with Crippen molar-refractivity contribution >= 4 is 17.6 Å². The highest BCUT2D eigenvalue weighted by Gasteiger charge is 2.26. The number of halogens is 1. The molecule has 1 heterocycles. The summed E-state index contributed by atoms with van der Waals surface area (Å²) in [5.74, 6) is 0.389. The van der Waals surface area contributed by atoms with Crippen molar-refractivity contribution < 1.29 is 14.6 Å². The van der Waals surface area contributed by atoms with Crippen molar-refractivity contribution in [3.05, 3.63) is 0 Å². The van der Waals surface area contributed by atoms with E-state index in [1.807, 2.05) is 0 Å². The monoisotopic (exact) mass is 222 g/mol. The standard InChI is InChI=1S/C8H15ClN2O3/c9-1-2-10-8(13)11-3-4-14-6-7(11)5-12/h7,12H,1-6H2,(H,10,13). The van der Waals surface area contributed by atoms with Crippen molar-refractivity contribution in [2.75, 3.05) is 38.8 Å². The summed E-state index contributed by atoms with van der Waals surface area (Å²) < 4.78 is 5.15. The van der Waals surface area contributed by atoms with Crippen LogP contribution in [0.4, 0.5) is 4.79 Å². The number of alkyl halides is 1. The molecule has 82 valence electrons. The molecule has 1 aliphatic heterocycles. The van der Waals surface area contributed by atoms with Crippen LogP contribution in [0.25, 0.3) is 0 Å². The van der Waals surface area contributed by atoms with Crippen LogP contribution in [0.5, 0.6) is 0 Å². The summed E-state index contributed by atoms with van der Waals surface area (Å²) in [6.45, 7) is 1.79. The van der Waals surface area contributed by atoms with E-state index in [-0.39, 0.29) is 18.7 Å². The van der Waals surface area contributed by atoms with E-state index in [9.17, 15) is 4.79 Å². The summed E-state index contributed by atoms with van der Waals surface area (Å²) in [4.78, 5) is 13.1. The van der Waals surface area contributed by atoms with Gasteiger partial charge >= 0.3 is 6.03 Å². The zero-order chi connectivity index (χ0) is 10.4. The van der Waals surface area contributed by atoms with E-state index in [0.29, 0.717) is 32.2 Å². The molecule has 14 heavy (non-hydrogen) atoms. The number of morpholine rings is 1. The molecule has 0 spiro atoms. The van der Waals surface area contributed by atoms with Gasteiger partial charge in [0.25, 0.3) is 0 Å². The molecule has 0 aromatic carbocycles. The molecule has 1 rings (SSSR count). The molecule has 2 N–H and O–H groups in total. The fourth-order valence-electron chi connectivity index (χ4n) is 1.33. The second kappa shape index (κ2) is 6.06. The lowest BCUT2D eigenvalue weighted by Crippen LogP contribution is -2.54. The molecular weight excluding hydrogens is 208 g/mol. The Morgan fingerprint density at radius 1 is 1.71 bits per heavy atom. The third-order valence-corrected chi connectivity index (χ3v) is 2.26. The van der Waals surface area contributed by atoms with Crippen LogP contribution in [0.15, 0.2) is 0 Å². The predicted molar refractivity (Wildman–Crippen MR) is 52.5 cm³/mol. The Bertz CT molecular complexity index is 191. The van der Waals surface area contributed by atoms with Crippen molar-refractivity contribution in [1.29, 1.82) is 0 Å². The molecule has 1 fully saturated rings. The molecule has 0 bridgehead atoms. The van der Waals surface area contributed by atoms with Crippen molar-refractivity contribution in [1.82, 2.24) is 10.2 Å². The summed E-state index contributed by atoms with van der Waals surface area (Å²) in [5, 5.41) is 11.7. The Morgan fingerprint density at radius 3 is 3.14 bits per heavy atom. The lowest BCUT2D eigenvalue weighted by atomic mass is 10.2. The number of hydrogen-bond donors (Lipinski definition) is 2. The van der Waals surface area contributed by atoms with E-state index in [0.717, 1.165) is 0 Å². The van der Waals surface area contributed by atoms with Gasteiger partial charge in [-0.1, -0.05) is 0 Å². The van der Waals surface area contributed by atoms with Crippen molar-refractivity contribution in [3.8, 4) is 0 Å². The molecule has 0 aliphatic carbocycles. The maximum Gasteiger partial charge on any atom is 0.317 e. The number of aliphatic hydroxyl groups excluding tert-OH is 1. The van der Waals surface area contributed by atoms with Crippen LogP contribution >= 0.6 is 11.6 Å². The summed E-state index contributed by atoms with van der Waals surface area (Å²) in [7, 11) is 0. The van der Waals surface area contributed by atoms with Gasteiger partial charge in [-0.05, 0) is 0 Å². The molecule has 0 saturated carbocycles. The van der Waals surface area contributed by atoms with Gasteiger partial charge in [-0.15, -0.1) is 11.6 Å². The van der Waals surface area contributed by atoms with Crippen LogP contribution in [0.1, 0.15) is 0 Å². The number of ether oxygens (including phenoxy) is 1. The second-order valence-electron chi connectivity index (χ2n) is 3.03. The van der Waals surface area contributed by atoms with Crippen LogP contribution in [0, 0.1) is 0 Å². The first-order chi connectivity index (χ1) is 6.79. The van der Waals surface area contributed by atoms with Gasteiger partial charge in [0.15, 0.2) is 0 Å². The molecule has 2 amide bonds. The summed E-state index contributed by atoms with van der Waals surface area (Å²) in [5.41, 5.74) is 0. The van der Waals surface area contributed by atoms with Gasteiger partial charge in [0.2, 0.25) is 0 Å². The van der Waals surface area contributed by atoms with E-state index in [2.05, 4.69) is 5.32 Å². The number of carbonyl (C=O) groups excluding carboxylic acids is 1. The smallest absolute Gasteiger partial charge is 0.317 e. The van der Waals surface area contributed by atoms with Crippen LogP contribution in [-0.4, -0.2) is 60.9 Å². The maximum absolute atomic E-state index is 11.5. The highest BCUT2D eigenvalue weighted by atomic mass is 35.5. The number of aliphatic hydroxyl groups is 1. The lowest BCUT2D eigenvalue weighted by Gasteiger charge is -2.34. The average Bonchev–Trinajstić information content (AvgIpc) is 2.25. The van der Waals surface area contributed by atoms with Crippen LogP contribution < -0.4 is 5.32 Å². The SMILES string of the molecule is O=C(NCCCl)N1CCOCC1CO. The normalized spacial score (nSPS) is 22.1. The van der Waals surface area contributed by atoms with Crippen molar-refractivity contribution in [2.45, 2.75) is 6.04 Å². The fraction of sp³-hybridized carbons (Fsp3) is 0.875. The van der Waals surface area contributed by atoms with Gasteiger partial charge in [-0.3, -0.25) is 0 Å². The Labute approximate surface area is 88.0 Å². The second-order valence-corrected chi connectivity index (χ2v) is 3.40. The van der Waals surface area contributed by atoms with Crippen molar-refractivity contribution in [2.24, 2.45) is 0 Å². The highest BCUT2D eigenvalue weighted by Crippen LogP contribution is 2.06. The number of nitrogens with one attached hydrogen (secondary N) is 1. The van der Waals surface area contributed by atoms with Crippen LogP contribution in [0.2, 0.25) is 0 Å². The van der Waals surface area contributed by atoms with Gasteiger partial charge in [0.1, 0.15) is 0 Å². The van der Waals surface area contributed by atoms with Crippen molar-refractivity contribution in [3.63, 3.8) is 0 Å².